The molecule has 1 atom stereocenters. The standard InChI is InChI=1S/C21H26FN3O4/c1-21(2,3)29-10-9-28-16-12-23-20(27)18-13(16)11-17(26)25(4)19(18)24-15-8-6-5-7-14(15)22/h5-8,11,16,24H,9-10,12H2,1-4H3,(H,23,27). The van der Waals surface area contributed by atoms with Crippen LogP contribution in [0, 0.1) is 5.82 Å². The zero-order valence-electron chi connectivity index (χ0n) is 17.0. The average Bonchev–Trinajstić information content (AvgIpc) is 2.65. The maximum absolute atomic E-state index is 14.1. The highest BCUT2D eigenvalue weighted by Crippen LogP contribution is 2.31. The first-order valence-electron chi connectivity index (χ1n) is 9.46. The number of rotatable bonds is 6. The molecule has 2 heterocycles. The molecule has 3 rings (SSSR count). The molecule has 1 amide bonds. The summed E-state index contributed by atoms with van der Waals surface area (Å²) in [5.41, 5.74) is 0.311. The van der Waals surface area contributed by atoms with E-state index in [1.807, 2.05) is 20.8 Å². The van der Waals surface area contributed by atoms with E-state index >= 15 is 0 Å². The van der Waals surface area contributed by atoms with Gasteiger partial charge in [0.2, 0.25) is 0 Å². The molecule has 29 heavy (non-hydrogen) atoms. The summed E-state index contributed by atoms with van der Waals surface area (Å²) in [6.07, 6.45) is -0.499. The summed E-state index contributed by atoms with van der Waals surface area (Å²) < 4.78 is 27.0. The number of fused-ring (bicyclic) bond motifs is 1. The number of aromatic nitrogens is 1. The largest absolute Gasteiger partial charge is 0.373 e. The van der Waals surface area contributed by atoms with Crippen molar-refractivity contribution in [2.75, 3.05) is 25.1 Å². The predicted molar refractivity (Wildman–Crippen MR) is 108 cm³/mol. The van der Waals surface area contributed by atoms with Crippen LogP contribution in [0.5, 0.6) is 0 Å². The molecule has 7 nitrogen and oxygen atoms in total. The molecule has 0 bridgehead atoms. The Hall–Kier alpha value is -2.71. The van der Waals surface area contributed by atoms with Gasteiger partial charge >= 0.3 is 0 Å². The van der Waals surface area contributed by atoms with Gasteiger partial charge in [-0.25, -0.2) is 4.39 Å². The number of nitrogens with one attached hydrogen (secondary N) is 2. The van der Waals surface area contributed by atoms with Gasteiger partial charge in [-0.2, -0.15) is 0 Å². The van der Waals surface area contributed by atoms with E-state index in [1.54, 1.807) is 12.1 Å². The van der Waals surface area contributed by atoms with E-state index < -0.39 is 11.9 Å². The van der Waals surface area contributed by atoms with Crippen LogP contribution in [-0.4, -0.2) is 35.8 Å². The molecular weight excluding hydrogens is 377 g/mol. The van der Waals surface area contributed by atoms with Crippen molar-refractivity contribution in [1.82, 2.24) is 9.88 Å². The first kappa shape index (κ1) is 21.0. The second-order valence-electron chi connectivity index (χ2n) is 7.86. The van der Waals surface area contributed by atoms with Gasteiger partial charge in [0, 0.05) is 25.2 Å². The van der Waals surface area contributed by atoms with Gasteiger partial charge in [0.05, 0.1) is 30.1 Å². The van der Waals surface area contributed by atoms with Crippen molar-refractivity contribution in [2.24, 2.45) is 7.05 Å². The number of pyridine rings is 1. The van der Waals surface area contributed by atoms with Crippen molar-refractivity contribution in [1.29, 1.82) is 0 Å². The molecule has 0 fully saturated rings. The normalized spacial score (nSPS) is 16.3. The zero-order valence-corrected chi connectivity index (χ0v) is 17.0. The monoisotopic (exact) mass is 403 g/mol. The predicted octanol–water partition coefficient (Wildman–Crippen LogP) is 2.88. The van der Waals surface area contributed by atoms with Gasteiger partial charge in [0.1, 0.15) is 17.7 Å². The summed E-state index contributed by atoms with van der Waals surface area (Å²) in [5, 5.41) is 5.67. The van der Waals surface area contributed by atoms with Gasteiger partial charge in [0.15, 0.2) is 0 Å². The van der Waals surface area contributed by atoms with Crippen LogP contribution in [0.4, 0.5) is 15.9 Å². The summed E-state index contributed by atoms with van der Waals surface area (Å²) >= 11 is 0. The Labute approximate surface area is 168 Å². The highest BCUT2D eigenvalue weighted by Gasteiger charge is 2.31. The second kappa shape index (κ2) is 8.34. The number of halogens is 1. The fourth-order valence-electron chi connectivity index (χ4n) is 3.12. The Morgan fingerprint density at radius 3 is 2.66 bits per heavy atom. The number of nitrogens with zero attached hydrogens (tertiary/aromatic N) is 1. The van der Waals surface area contributed by atoms with E-state index in [4.69, 9.17) is 9.47 Å². The summed E-state index contributed by atoms with van der Waals surface area (Å²) in [6.45, 7) is 6.79. The van der Waals surface area contributed by atoms with Crippen molar-refractivity contribution in [3.63, 3.8) is 0 Å². The molecule has 156 valence electrons. The van der Waals surface area contributed by atoms with Crippen LogP contribution in [-0.2, 0) is 16.5 Å². The number of ether oxygens (including phenoxy) is 2. The lowest BCUT2D eigenvalue weighted by Crippen LogP contribution is -2.39. The van der Waals surface area contributed by atoms with Crippen molar-refractivity contribution >= 4 is 17.4 Å². The molecule has 0 spiro atoms. The minimum atomic E-state index is -0.499. The third-order valence-electron chi connectivity index (χ3n) is 4.56. The molecule has 0 radical (unpaired) electrons. The maximum atomic E-state index is 14.1. The molecule has 1 unspecified atom stereocenters. The molecule has 2 aromatic rings. The van der Waals surface area contributed by atoms with E-state index in [0.29, 0.717) is 18.8 Å². The smallest absolute Gasteiger partial charge is 0.255 e. The topological polar surface area (TPSA) is 81.6 Å². The van der Waals surface area contributed by atoms with Crippen molar-refractivity contribution < 1.29 is 18.7 Å². The second-order valence-corrected chi connectivity index (χ2v) is 7.86. The van der Waals surface area contributed by atoms with Gasteiger partial charge in [-0.15, -0.1) is 0 Å². The lowest BCUT2D eigenvalue weighted by molar-refractivity contribution is -0.0523. The first-order chi connectivity index (χ1) is 13.7. The molecule has 8 heteroatoms. The summed E-state index contributed by atoms with van der Waals surface area (Å²) in [4.78, 5) is 25.1. The van der Waals surface area contributed by atoms with Crippen LogP contribution in [0.3, 0.4) is 0 Å². The summed E-state index contributed by atoms with van der Waals surface area (Å²) in [5.74, 6) is -0.615. The quantitative estimate of drug-likeness (QED) is 0.725. The number of carbonyl (C=O) groups excluding carboxylic acids is 1. The van der Waals surface area contributed by atoms with Gasteiger partial charge in [0.25, 0.3) is 11.5 Å². The minimum Gasteiger partial charge on any atom is -0.373 e. The van der Waals surface area contributed by atoms with E-state index in [2.05, 4.69) is 10.6 Å². The number of hydrogen-bond acceptors (Lipinski definition) is 5. The van der Waals surface area contributed by atoms with Gasteiger partial charge in [-0.3, -0.25) is 14.2 Å². The molecule has 0 saturated carbocycles. The molecule has 2 N–H and O–H groups in total. The lowest BCUT2D eigenvalue weighted by atomic mass is 9.98. The zero-order chi connectivity index (χ0) is 21.2. The highest BCUT2D eigenvalue weighted by atomic mass is 19.1. The number of anilines is 2. The van der Waals surface area contributed by atoms with E-state index in [-0.39, 0.29) is 40.7 Å². The number of carbonyl (C=O) groups is 1. The third kappa shape index (κ3) is 4.83. The minimum absolute atomic E-state index is 0.172. The average molecular weight is 403 g/mol. The first-order valence-corrected chi connectivity index (χ1v) is 9.46. The van der Waals surface area contributed by atoms with E-state index in [0.717, 1.165) is 0 Å². The van der Waals surface area contributed by atoms with Crippen molar-refractivity contribution in [3.8, 4) is 0 Å². The Balaban J connectivity index is 1.92. The van der Waals surface area contributed by atoms with Crippen LogP contribution in [0.25, 0.3) is 0 Å². The van der Waals surface area contributed by atoms with Gasteiger partial charge < -0.3 is 20.1 Å². The number of amides is 1. The Morgan fingerprint density at radius 1 is 1.24 bits per heavy atom. The van der Waals surface area contributed by atoms with Crippen LogP contribution in [0.15, 0.2) is 35.1 Å². The molecule has 0 saturated heterocycles. The number of hydrogen-bond donors (Lipinski definition) is 2. The highest BCUT2D eigenvalue weighted by molar-refractivity contribution is 6.02. The van der Waals surface area contributed by atoms with Crippen LogP contribution in [0.2, 0.25) is 0 Å². The van der Waals surface area contributed by atoms with Crippen molar-refractivity contribution in [3.05, 3.63) is 57.6 Å². The van der Waals surface area contributed by atoms with Crippen molar-refractivity contribution in [2.45, 2.75) is 32.5 Å². The molecule has 1 aromatic heterocycles. The van der Waals surface area contributed by atoms with Crippen LogP contribution in [0.1, 0.15) is 42.8 Å². The third-order valence-corrected chi connectivity index (χ3v) is 4.56. The summed E-state index contributed by atoms with van der Waals surface area (Å²) in [7, 11) is 1.53. The van der Waals surface area contributed by atoms with Crippen LogP contribution >= 0.6 is 0 Å². The molecule has 1 aromatic carbocycles. The summed E-state index contributed by atoms with van der Waals surface area (Å²) in [6, 6.07) is 7.47. The molecule has 1 aliphatic rings. The van der Waals surface area contributed by atoms with E-state index in [1.165, 1.54) is 29.8 Å². The van der Waals surface area contributed by atoms with Gasteiger partial charge in [-0.05, 0) is 32.9 Å². The number of benzene rings is 1. The van der Waals surface area contributed by atoms with E-state index in [9.17, 15) is 14.0 Å². The SMILES string of the molecule is Cn1c(Nc2ccccc2F)c2c(cc1=O)C(OCCOC(C)(C)C)CNC2=O. The fraction of sp³-hybridized carbons (Fsp3) is 0.429. The molecule has 0 aliphatic carbocycles. The Bertz CT molecular complexity index is 965. The molecule has 1 aliphatic heterocycles. The fourth-order valence-corrected chi connectivity index (χ4v) is 3.12. The molecular formula is C21H26FN3O4. The lowest BCUT2D eigenvalue weighted by Gasteiger charge is -2.29. The maximum Gasteiger partial charge on any atom is 0.255 e. The van der Waals surface area contributed by atoms with Crippen LogP contribution < -0.4 is 16.2 Å². The van der Waals surface area contributed by atoms with Gasteiger partial charge in [-0.1, -0.05) is 12.1 Å². The Morgan fingerprint density at radius 2 is 1.97 bits per heavy atom. The number of para-hydroxylation sites is 1. The Kier molecular flexibility index (Phi) is 6.04.